The quantitative estimate of drug-likeness (QED) is 0.869. The van der Waals surface area contributed by atoms with Gasteiger partial charge < -0.3 is 10.6 Å². The molecule has 2 aromatic rings. The highest BCUT2D eigenvalue weighted by atomic mass is 35.5. The molecule has 0 saturated heterocycles. The summed E-state index contributed by atoms with van der Waals surface area (Å²) in [6.07, 6.45) is 0.863. The number of anilines is 1. The van der Waals surface area contributed by atoms with Crippen LogP contribution in [0.15, 0.2) is 42.5 Å². The molecule has 2 aromatic carbocycles. The maximum atomic E-state index is 12.4. The molecule has 0 aliphatic heterocycles. The molecule has 4 nitrogen and oxygen atoms in total. The molecule has 0 atom stereocenters. The lowest BCUT2D eigenvalue weighted by Gasteiger charge is -2.10. The lowest BCUT2D eigenvalue weighted by atomic mass is 10.1. The predicted octanol–water partition coefficient (Wildman–Crippen LogP) is 4.04. The summed E-state index contributed by atoms with van der Waals surface area (Å²) in [4.78, 5) is 24.3. The van der Waals surface area contributed by atoms with Gasteiger partial charge in [0.15, 0.2) is 0 Å². The van der Waals surface area contributed by atoms with Gasteiger partial charge in [0.2, 0.25) is 0 Å². The van der Waals surface area contributed by atoms with Gasteiger partial charge in [-0.05, 0) is 55.3 Å². The number of amides is 2. The third kappa shape index (κ3) is 4.57. The zero-order valence-electron chi connectivity index (χ0n) is 13.2. The Morgan fingerprint density at radius 1 is 1.04 bits per heavy atom. The summed E-state index contributed by atoms with van der Waals surface area (Å²) in [5, 5.41) is 6.25. The van der Waals surface area contributed by atoms with Crippen molar-refractivity contribution in [2.24, 2.45) is 0 Å². The second-order valence-corrected chi connectivity index (χ2v) is 5.69. The molecule has 5 heteroatoms. The van der Waals surface area contributed by atoms with Gasteiger partial charge in [-0.3, -0.25) is 9.59 Å². The Balaban J connectivity index is 2.15. The van der Waals surface area contributed by atoms with Gasteiger partial charge in [-0.2, -0.15) is 0 Å². The molecule has 2 N–H and O–H groups in total. The number of benzene rings is 2. The van der Waals surface area contributed by atoms with Crippen molar-refractivity contribution in [3.05, 3.63) is 64.2 Å². The van der Waals surface area contributed by atoms with Crippen molar-refractivity contribution in [1.82, 2.24) is 5.32 Å². The van der Waals surface area contributed by atoms with E-state index >= 15 is 0 Å². The summed E-state index contributed by atoms with van der Waals surface area (Å²) in [6.45, 7) is 4.47. The average molecular weight is 331 g/mol. The topological polar surface area (TPSA) is 58.2 Å². The Labute approximate surface area is 140 Å². The van der Waals surface area contributed by atoms with Crippen molar-refractivity contribution >= 4 is 29.1 Å². The molecule has 0 unspecified atom stereocenters. The number of hydrogen-bond donors (Lipinski definition) is 2. The first-order valence-corrected chi connectivity index (χ1v) is 7.85. The highest BCUT2D eigenvalue weighted by Gasteiger charge is 2.11. The molecule has 0 spiro atoms. The van der Waals surface area contributed by atoms with Crippen LogP contribution in [0.5, 0.6) is 0 Å². The van der Waals surface area contributed by atoms with Gasteiger partial charge in [0, 0.05) is 28.4 Å². The fraction of sp³-hybridized carbons (Fsp3) is 0.222. The maximum absolute atomic E-state index is 12.4. The van der Waals surface area contributed by atoms with Crippen LogP contribution in [0.1, 0.15) is 39.6 Å². The normalized spacial score (nSPS) is 10.2. The number of carbonyl (C=O) groups is 2. The Hall–Kier alpha value is -2.33. The number of nitrogens with one attached hydrogen (secondary N) is 2. The lowest BCUT2D eigenvalue weighted by Crippen LogP contribution is -2.24. The minimum atomic E-state index is -0.263. The molecular weight excluding hydrogens is 312 g/mol. The third-order valence-corrected chi connectivity index (χ3v) is 3.59. The summed E-state index contributed by atoms with van der Waals surface area (Å²) in [7, 11) is 0. The maximum Gasteiger partial charge on any atom is 0.255 e. The summed E-state index contributed by atoms with van der Waals surface area (Å²) < 4.78 is 0. The molecule has 23 heavy (non-hydrogen) atoms. The van der Waals surface area contributed by atoms with Crippen molar-refractivity contribution in [3.8, 4) is 0 Å². The summed E-state index contributed by atoms with van der Waals surface area (Å²) in [5.41, 5.74) is 2.48. The molecule has 0 bridgehead atoms. The van der Waals surface area contributed by atoms with Crippen molar-refractivity contribution < 1.29 is 9.59 Å². The number of hydrogen-bond acceptors (Lipinski definition) is 2. The second-order valence-electron chi connectivity index (χ2n) is 5.25. The van der Waals surface area contributed by atoms with E-state index in [-0.39, 0.29) is 11.8 Å². The van der Waals surface area contributed by atoms with Gasteiger partial charge in [-0.15, -0.1) is 0 Å². The van der Waals surface area contributed by atoms with Crippen LogP contribution in [0.2, 0.25) is 5.02 Å². The molecule has 2 amide bonds. The molecule has 0 aliphatic rings. The number of rotatable bonds is 5. The Morgan fingerprint density at radius 3 is 2.39 bits per heavy atom. The molecule has 0 heterocycles. The van der Waals surface area contributed by atoms with E-state index in [4.69, 9.17) is 11.6 Å². The Bertz CT molecular complexity index is 729. The van der Waals surface area contributed by atoms with Crippen LogP contribution in [0, 0.1) is 6.92 Å². The SMILES string of the molecule is CCCNC(=O)c1cccc(C(=O)Nc2ccc(Cl)cc2C)c1. The van der Waals surface area contributed by atoms with Crippen LogP contribution >= 0.6 is 11.6 Å². The van der Waals surface area contributed by atoms with Crippen LogP contribution in [-0.4, -0.2) is 18.4 Å². The zero-order chi connectivity index (χ0) is 16.8. The van der Waals surface area contributed by atoms with Crippen LogP contribution in [0.4, 0.5) is 5.69 Å². The van der Waals surface area contributed by atoms with E-state index in [1.807, 2.05) is 13.8 Å². The lowest BCUT2D eigenvalue weighted by molar-refractivity contribution is 0.0953. The highest BCUT2D eigenvalue weighted by molar-refractivity contribution is 6.30. The molecule has 0 saturated carbocycles. The van der Waals surface area contributed by atoms with Crippen LogP contribution < -0.4 is 10.6 Å². The van der Waals surface area contributed by atoms with Gasteiger partial charge in [-0.1, -0.05) is 24.6 Å². The minimum Gasteiger partial charge on any atom is -0.352 e. The van der Waals surface area contributed by atoms with Gasteiger partial charge >= 0.3 is 0 Å². The molecule has 0 aliphatic carbocycles. The third-order valence-electron chi connectivity index (χ3n) is 3.36. The Morgan fingerprint density at radius 2 is 1.74 bits per heavy atom. The van der Waals surface area contributed by atoms with E-state index in [0.29, 0.717) is 28.4 Å². The standard InChI is InChI=1S/C18H19ClN2O2/c1-3-9-20-17(22)13-5-4-6-14(11-13)18(23)21-16-8-7-15(19)10-12(16)2/h4-8,10-11H,3,9H2,1-2H3,(H,20,22)(H,21,23). The van der Waals surface area contributed by atoms with E-state index in [1.54, 1.807) is 42.5 Å². The first-order chi connectivity index (χ1) is 11.0. The monoisotopic (exact) mass is 330 g/mol. The van der Waals surface area contributed by atoms with E-state index in [9.17, 15) is 9.59 Å². The summed E-state index contributed by atoms with van der Waals surface area (Å²) >= 11 is 5.91. The summed E-state index contributed by atoms with van der Waals surface area (Å²) in [5.74, 6) is -0.440. The van der Waals surface area contributed by atoms with E-state index in [2.05, 4.69) is 10.6 Å². The zero-order valence-corrected chi connectivity index (χ0v) is 13.9. The van der Waals surface area contributed by atoms with Crippen molar-refractivity contribution in [2.45, 2.75) is 20.3 Å². The Kier molecular flexibility index (Phi) is 5.77. The first-order valence-electron chi connectivity index (χ1n) is 7.47. The minimum absolute atomic E-state index is 0.177. The fourth-order valence-corrected chi connectivity index (χ4v) is 2.33. The number of aryl methyl sites for hydroxylation is 1. The van der Waals surface area contributed by atoms with Gasteiger partial charge in [0.1, 0.15) is 0 Å². The second kappa shape index (κ2) is 7.79. The largest absolute Gasteiger partial charge is 0.352 e. The smallest absolute Gasteiger partial charge is 0.255 e. The first kappa shape index (κ1) is 17.0. The number of halogens is 1. The van der Waals surface area contributed by atoms with Gasteiger partial charge in [0.05, 0.1) is 0 Å². The van der Waals surface area contributed by atoms with Crippen LogP contribution in [-0.2, 0) is 0 Å². The molecule has 0 radical (unpaired) electrons. The van der Waals surface area contributed by atoms with Crippen molar-refractivity contribution in [1.29, 1.82) is 0 Å². The fourth-order valence-electron chi connectivity index (χ4n) is 2.10. The summed E-state index contributed by atoms with van der Waals surface area (Å²) in [6, 6.07) is 11.9. The molecule has 0 fully saturated rings. The highest BCUT2D eigenvalue weighted by Crippen LogP contribution is 2.20. The van der Waals surface area contributed by atoms with Crippen molar-refractivity contribution in [2.75, 3.05) is 11.9 Å². The molecule has 2 rings (SSSR count). The molecule has 0 aromatic heterocycles. The van der Waals surface area contributed by atoms with E-state index in [1.165, 1.54) is 0 Å². The van der Waals surface area contributed by atoms with E-state index in [0.717, 1.165) is 12.0 Å². The number of carbonyl (C=O) groups excluding carboxylic acids is 2. The molecule has 120 valence electrons. The van der Waals surface area contributed by atoms with Gasteiger partial charge in [0.25, 0.3) is 11.8 Å². The molecular formula is C18H19ClN2O2. The average Bonchev–Trinajstić information content (AvgIpc) is 2.55. The predicted molar refractivity (Wildman–Crippen MR) is 93.2 cm³/mol. The van der Waals surface area contributed by atoms with Crippen LogP contribution in [0.25, 0.3) is 0 Å². The van der Waals surface area contributed by atoms with E-state index < -0.39 is 0 Å². The van der Waals surface area contributed by atoms with Crippen LogP contribution in [0.3, 0.4) is 0 Å². The van der Waals surface area contributed by atoms with Crippen molar-refractivity contribution in [3.63, 3.8) is 0 Å². The van der Waals surface area contributed by atoms with Gasteiger partial charge in [-0.25, -0.2) is 0 Å².